The Kier molecular flexibility index (Phi) is 3.95. The molecule has 0 saturated heterocycles. The van der Waals surface area contributed by atoms with Crippen molar-refractivity contribution in [2.75, 3.05) is 11.9 Å². The van der Waals surface area contributed by atoms with E-state index in [0.29, 0.717) is 6.54 Å². The van der Waals surface area contributed by atoms with Crippen LogP contribution in [0.4, 0.5) is 5.69 Å². The molecule has 1 unspecified atom stereocenters. The number of carboxylic acids is 1. The van der Waals surface area contributed by atoms with E-state index in [2.05, 4.69) is 21.2 Å². The first-order valence-electron chi connectivity index (χ1n) is 4.32. The van der Waals surface area contributed by atoms with Gasteiger partial charge >= 0.3 is 5.97 Å². The highest BCUT2D eigenvalue weighted by molar-refractivity contribution is 9.10. The Morgan fingerprint density at radius 1 is 1.57 bits per heavy atom. The average molecular weight is 258 g/mol. The topological polar surface area (TPSA) is 49.3 Å². The molecule has 0 heterocycles. The zero-order chi connectivity index (χ0) is 10.6. The maximum Gasteiger partial charge on any atom is 0.308 e. The van der Waals surface area contributed by atoms with Gasteiger partial charge in [0.2, 0.25) is 0 Å². The first kappa shape index (κ1) is 11.0. The molecule has 0 spiro atoms. The molecule has 76 valence electrons. The van der Waals surface area contributed by atoms with E-state index in [0.717, 1.165) is 10.2 Å². The fourth-order valence-corrected chi connectivity index (χ4v) is 1.38. The molecule has 0 bridgehead atoms. The second-order valence-electron chi connectivity index (χ2n) is 3.10. The minimum absolute atomic E-state index is 0.387. The summed E-state index contributed by atoms with van der Waals surface area (Å²) in [7, 11) is 0. The van der Waals surface area contributed by atoms with Crippen molar-refractivity contribution in [3.63, 3.8) is 0 Å². The number of carbonyl (C=O) groups is 1. The van der Waals surface area contributed by atoms with Gasteiger partial charge in [0.1, 0.15) is 0 Å². The second kappa shape index (κ2) is 5.00. The van der Waals surface area contributed by atoms with Gasteiger partial charge in [-0.05, 0) is 28.1 Å². The number of para-hydroxylation sites is 1. The molecule has 3 nitrogen and oxygen atoms in total. The molecule has 4 heteroatoms. The highest BCUT2D eigenvalue weighted by atomic mass is 79.9. The number of hydrogen-bond donors (Lipinski definition) is 2. The van der Waals surface area contributed by atoms with Crippen LogP contribution in [0.25, 0.3) is 0 Å². The maximum absolute atomic E-state index is 10.6. The lowest BCUT2D eigenvalue weighted by Gasteiger charge is -2.10. The Hall–Kier alpha value is -1.03. The van der Waals surface area contributed by atoms with Gasteiger partial charge in [-0.1, -0.05) is 19.1 Å². The van der Waals surface area contributed by atoms with Crippen LogP contribution in [0.15, 0.2) is 28.7 Å². The van der Waals surface area contributed by atoms with Crippen LogP contribution in [0.2, 0.25) is 0 Å². The molecule has 0 saturated carbocycles. The standard InChI is InChI=1S/C10H12BrNO2/c1-7(10(13)14)6-12-9-5-3-2-4-8(9)11/h2-5,7,12H,6H2,1H3,(H,13,14). The molecule has 1 aromatic carbocycles. The summed E-state index contributed by atoms with van der Waals surface area (Å²) >= 11 is 3.37. The third-order valence-electron chi connectivity index (χ3n) is 1.89. The van der Waals surface area contributed by atoms with E-state index >= 15 is 0 Å². The van der Waals surface area contributed by atoms with Gasteiger partial charge in [-0.15, -0.1) is 0 Å². The summed E-state index contributed by atoms with van der Waals surface area (Å²) in [5.41, 5.74) is 0.917. The lowest BCUT2D eigenvalue weighted by Crippen LogP contribution is -2.19. The van der Waals surface area contributed by atoms with Crippen LogP contribution < -0.4 is 5.32 Å². The van der Waals surface area contributed by atoms with Crippen molar-refractivity contribution in [1.82, 2.24) is 0 Å². The van der Waals surface area contributed by atoms with Crippen molar-refractivity contribution >= 4 is 27.6 Å². The smallest absolute Gasteiger partial charge is 0.308 e. The largest absolute Gasteiger partial charge is 0.481 e. The Bertz CT molecular complexity index is 328. The van der Waals surface area contributed by atoms with Crippen LogP contribution in [0.5, 0.6) is 0 Å². The number of halogens is 1. The van der Waals surface area contributed by atoms with Crippen LogP contribution in [0.1, 0.15) is 6.92 Å². The lowest BCUT2D eigenvalue weighted by atomic mass is 10.2. The number of nitrogens with one attached hydrogen (secondary N) is 1. The van der Waals surface area contributed by atoms with Gasteiger partial charge in [0.25, 0.3) is 0 Å². The average Bonchev–Trinajstić information content (AvgIpc) is 2.16. The molecule has 1 atom stereocenters. The van der Waals surface area contributed by atoms with E-state index in [9.17, 15) is 4.79 Å². The molecule has 0 amide bonds. The zero-order valence-corrected chi connectivity index (χ0v) is 9.41. The molecule has 0 radical (unpaired) electrons. The second-order valence-corrected chi connectivity index (χ2v) is 3.95. The van der Waals surface area contributed by atoms with Gasteiger partial charge in [-0.3, -0.25) is 4.79 Å². The Balaban J connectivity index is 2.54. The summed E-state index contributed by atoms with van der Waals surface area (Å²) in [5.74, 6) is -1.17. The first-order valence-corrected chi connectivity index (χ1v) is 5.11. The Morgan fingerprint density at radius 3 is 2.79 bits per heavy atom. The van der Waals surface area contributed by atoms with Gasteiger partial charge in [-0.25, -0.2) is 0 Å². The maximum atomic E-state index is 10.6. The van der Waals surface area contributed by atoms with Crippen molar-refractivity contribution in [3.05, 3.63) is 28.7 Å². The minimum atomic E-state index is -0.787. The third-order valence-corrected chi connectivity index (χ3v) is 2.59. The Labute approximate surface area is 91.3 Å². The molecule has 0 aliphatic rings. The predicted octanol–water partition coefficient (Wildman–Crippen LogP) is 2.58. The molecule has 2 N–H and O–H groups in total. The number of rotatable bonds is 4. The molecule has 1 rings (SSSR count). The van der Waals surface area contributed by atoms with Crippen LogP contribution in [0.3, 0.4) is 0 Å². The van der Waals surface area contributed by atoms with Crippen LogP contribution in [0, 0.1) is 5.92 Å². The summed E-state index contributed by atoms with van der Waals surface area (Å²) in [6.07, 6.45) is 0. The van der Waals surface area contributed by atoms with Gasteiger partial charge in [0.05, 0.1) is 5.92 Å². The summed E-state index contributed by atoms with van der Waals surface area (Å²) < 4.78 is 0.942. The normalized spacial score (nSPS) is 12.1. The fourth-order valence-electron chi connectivity index (χ4n) is 0.955. The van der Waals surface area contributed by atoms with Crippen LogP contribution >= 0.6 is 15.9 Å². The summed E-state index contributed by atoms with van der Waals surface area (Å²) in [4.78, 5) is 10.6. The molecular formula is C10H12BrNO2. The molecule has 1 aromatic rings. The van der Waals surface area contributed by atoms with Crippen molar-refractivity contribution in [1.29, 1.82) is 0 Å². The molecule has 0 fully saturated rings. The number of benzene rings is 1. The number of carboxylic acid groups (broad SMARTS) is 1. The third kappa shape index (κ3) is 3.03. The van der Waals surface area contributed by atoms with E-state index in [1.165, 1.54) is 0 Å². The van der Waals surface area contributed by atoms with E-state index in [1.807, 2.05) is 24.3 Å². The lowest BCUT2D eigenvalue weighted by molar-refractivity contribution is -0.140. The Morgan fingerprint density at radius 2 is 2.21 bits per heavy atom. The summed E-state index contributed by atoms with van der Waals surface area (Å²) in [6.45, 7) is 2.10. The van der Waals surface area contributed by atoms with Gasteiger partial charge in [0, 0.05) is 16.7 Å². The van der Waals surface area contributed by atoms with Crippen LogP contribution in [-0.2, 0) is 4.79 Å². The monoisotopic (exact) mass is 257 g/mol. The molecule has 14 heavy (non-hydrogen) atoms. The molecule has 0 aliphatic heterocycles. The van der Waals surface area contributed by atoms with Gasteiger partial charge in [0.15, 0.2) is 0 Å². The van der Waals surface area contributed by atoms with Crippen molar-refractivity contribution in [2.45, 2.75) is 6.92 Å². The highest BCUT2D eigenvalue weighted by Gasteiger charge is 2.10. The van der Waals surface area contributed by atoms with E-state index in [-0.39, 0.29) is 5.92 Å². The van der Waals surface area contributed by atoms with Gasteiger partial charge < -0.3 is 10.4 Å². The SMILES string of the molecule is CC(CNc1ccccc1Br)C(=O)O. The van der Waals surface area contributed by atoms with Crippen molar-refractivity contribution < 1.29 is 9.90 Å². The first-order chi connectivity index (χ1) is 6.61. The number of anilines is 1. The minimum Gasteiger partial charge on any atom is -0.481 e. The fraction of sp³-hybridized carbons (Fsp3) is 0.300. The van der Waals surface area contributed by atoms with E-state index in [1.54, 1.807) is 6.92 Å². The van der Waals surface area contributed by atoms with Crippen LogP contribution in [-0.4, -0.2) is 17.6 Å². The van der Waals surface area contributed by atoms with Gasteiger partial charge in [-0.2, -0.15) is 0 Å². The summed E-state index contributed by atoms with van der Waals surface area (Å²) in [6, 6.07) is 7.63. The van der Waals surface area contributed by atoms with Crippen molar-refractivity contribution in [3.8, 4) is 0 Å². The molecule has 0 aliphatic carbocycles. The molecule has 0 aromatic heterocycles. The number of hydrogen-bond acceptors (Lipinski definition) is 2. The zero-order valence-electron chi connectivity index (χ0n) is 7.83. The van der Waals surface area contributed by atoms with Crippen molar-refractivity contribution in [2.24, 2.45) is 5.92 Å². The number of aliphatic carboxylic acids is 1. The predicted molar refractivity (Wildman–Crippen MR) is 59.4 cm³/mol. The van der Waals surface area contributed by atoms with E-state index in [4.69, 9.17) is 5.11 Å². The highest BCUT2D eigenvalue weighted by Crippen LogP contribution is 2.21. The van der Waals surface area contributed by atoms with E-state index < -0.39 is 5.97 Å². The summed E-state index contributed by atoms with van der Waals surface area (Å²) in [5, 5.41) is 11.7. The quantitative estimate of drug-likeness (QED) is 0.872. The molecular weight excluding hydrogens is 246 g/mol.